The lowest BCUT2D eigenvalue weighted by Gasteiger charge is -2.52. The molecule has 9 atom stereocenters. The van der Waals surface area contributed by atoms with Gasteiger partial charge in [-0.1, -0.05) is 51.1 Å². The number of para-hydroxylation sites is 1. The second kappa shape index (κ2) is 8.42. The molecule has 4 aliphatic rings. The Bertz CT molecular complexity index is 1100. The number of carbonyl (C=O) groups is 1. The van der Waals surface area contributed by atoms with E-state index in [4.69, 9.17) is 4.74 Å². The van der Waals surface area contributed by atoms with E-state index in [0.717, 1.165) is 6.42 Å². The largest absolute Gasteiger partial charge is 0.438 e. The van der Waals surface area contributed by atoms with Crippen LogP contribution < -0.4 is 4.90 Å². The van der Waals surface area contributed by atoms with E-state index in [2.05, 4.69) is 13.8 Å². The Morgan fingerprint density at radius 1 is 1.19 bits per heavy atom. The van der Waals surface area contributed by atoms with Crippen LogP contribution in [0.5, 0.6) is 0 Å². The summed E-state index contributed by atoms with van der Waals surface area (Å²) < 4.78 is 6.01. The van der Waals surface area contributed by atoms with Gasteiger partial charge in [0.2, 0.25) is 0 Å². The highest BCUT2D eigenvalue weighted by molar-refractivity contribution is 5.87. The molecule has 2 saturated carbocycles. The van der Waals surface area contributed by atoms with Crippen molar-refractivity contribution in [2.45, 2.75) is 65.0 Å². The Morgan fingerprint density at radius 2 is 1.86 bits per heavy atom. The third-order valence-electron chi connectivity index (χ3n) is 9.98. The topological polar surface area (TPSA) is 110 Å². The minimum Gasteiger partial charge on any atom is -0.438 e. The Morgan fingerprint density at radius 3 is 2.47 bits per heavy atom. The molecule has 0 heterocycles. The molecule has 0 aliphatic heterocycles. The fourth-order valence-electron chi connectivity index (χ4n) is 8.09. The molecule has 4 aliphatic carbocycles. The molecule has 2 unspecified atom stereocenters. The van der Waals surface area contributed by atoms with Crippen LogP contribution in [0.1, 0.15) is 41.0 Å². The highest BCUT2D eigenvalue weighted by atomic mass is 16.6. The van der Waals surface area contributed by atoms with Crippen molar-refractivity contribution in [3.05, 3.63) is 53.6 Å². The van der Waals surface area contributed by atoms with E-state index in [-0.39, 0.29) is 28.7 Å². The van der Waals surface area contributed by atoms with Crippen LogP contribution in [0.25, 0.3) is 0 Å². The van der Waals surface area contributed by atoms with E-state index in [9.17, 15) is 25.2 Å². The highest BCUT2D eigenvalue weighted by Crippen LogP contribution is 2.72. The van der Waals surface area contributed by atoms with Crippen LogP contribution in [0.2, 0.25) is 0 Å². The maximum absolute atomic E-state index is 13.4. The molecule has 2 fully saturated rings. The van der Waals surface area contributed by atoms with Crippen molar-refractivity contribution >= 4 is 11.8 Å². The van der Waals surface area contributed by atoms with E-state index in [1.807, 2.05) is 38.1 Å². The van der Waals surface area contributed by atoms with Gasteiger partial charge in [0.15, 0.2) is 6.10 Å². The number of benzene rings is 1. The summed E-state index contributed by atoms with van der Waals surface area (Å²) in [5.41, 5.74) is -1.74. The number of ether oxygens (including phenoxy) is 1. The highest BCUT2D eigenvalue weighted by Gasteiger charge is 2.76. The predicted octanol–water partition coefficient (Wildman–Crippen LogP) is 3.28. The normalized spacial score (nSPS) is 42.2. The number of aliphatic hydroxyl groups excluding tert-OH is 3. The summed E-state index contributed by atoms with van der Waals surface area (Å²) in [6.07, 6.45) is 0.0474. The molecule has 1 amide bonds. The summed E-state index contributed by atoms with van der Waals surface area (Å²) >= 11 is 0. The summed E-state index contributed by atoms with van der Waals surface area (Å²) in [4.78, 5) is 14.9. The average molecular weight is 498 g/mol. The average Bonchev–Trinajstić information content (AvgIpc) is 3.34. The Balaban J connectivity index is 1.59. The molecule has 0 saturated heterocycles. The smallest absolute Gasteiger partial charge is 0.414 e. The van der Waals surface area contributed by atoms with Crippen LogP contribution in [-0.2, 0) is 4.74 Å². The molecule has 1 aromatic rings. The van der Waals surface area contributed by atoms with E-state index in [0.29, 0.717) is 23.7 Å². The molecule has 36 heavy (non-hydrogen) atoms. The molecule has 1 spiro atoms. The van der Waals surface area contributed by atoms with E-state index in [1.54, 1.807) is 25.1 Å². The SMILES string of the molecule is CCN(C(=O)O[C@H]1C(C)=C[C@]23C(O)C(C=C(CO)[C@@H](O)[C@]12O)[C@H]1[C@@H](C[C@H]3C)C1(C)C)c1ccccc1. The quantitative estimate of drug-likeness (QED) is 0.475. The molecule has 7 heteroatoms. The van der Waals surface area contributed by atoms with Gasteiger partial charge in [0.25, 0.3) is 0 Å². The third-order valence-corrected chi connectivity index (χ3v) is 9.98. The molecule has 1 aromatic carbocycles. The molecule has 5 rings (SSSR count). The number of carbonyl (C=O) groups excluding carboxylic acids is 1. The molecule has 0 radical (unpaired) electrons. The number of rotatable bonds is 4. The van der Waals surface area contributed by atoms with Crippen molar-refractivity contribution in [2.75, 3.05) is 18.1 Å². The molecule has 0 aromatic heterocycles. The summed E-state index contributed by atoms with van der Waals surface area (Å²) in [5, 5.41) is 46.5. The van der Waals surface area contributed by atoms with Crippen molar-refractivity contribution in [1.82, 2.24) is 0 Å². The summed E-state index contributed by atoms with van der Waals surface area (Å²) in [6, 6.07) is 9.14. The molecule has 2 bridgehead atoms. The lowest BCUT2D eigenvalue weighted by Crippen LogP contribution is -2.67. The molecule has 196 valence electrons. The number of aliphatic hydroxyl groups is 4. The number of anilines is 1. The van der Waals surface area contributed by atoms with Crippen LogP contribution in [0, 0.1) is 34.5 Å². The lowest BCUT2D eigenvalue weighted by molar-refractivity contribution is -0.214. The van der Waals surface area contributed by atoms with Crippen molar-refractivity contribution in [3.8, 4) is 0 Å². The van der Waals surface area contributed by atoms with Gasteiger partial charge in [-0.3, -0.25) is 4.90 Å². The molecular weight excluding hydrogens is 458 g/mol. The van der Waals surface area contributed by atoms with Gasteiger partial charge >= 0.3 is 6.09 Å². The number of amides is 1. The van der Waals surface area contributed by atoms with Gasteiger partial charge in [-0.05, 0) is 66.7 Å². The van der Waals surface area contributed by atoms with Crippen LogP contribution in [-0.4, -0.2) is 63.6 Å². The van der Waals surface area contributed by atoms with E-state index in [1.165, 1.54) is 4.90 Å². The molecule has 7 nitrogen and oxygen atoms in total. The summed E-state index contributed by atoms with van der Waals surface area (Å²) in [5.74, 6) is -0.00997. The van der Waals surface area contributed by atoms with E-state index >= 15 is 0 Å². The van der Waals surface area contributed by atoms with Crippen molar-refractivity contribution < 1.29 is 30.0 Å². The molecular formula is C29H39NO6. The zero-order valence-electron chi connectivity index (χ0n) is 21.8. The first-order valence-corrected chi connectivity index (χ1v) is 13.1. The molecule has 4 N–H and O–H groups in total. The van der Waals surface area contributed by atoms with Crippen molar-refractivity contribution in [3.63, 3.8) is 0 Å². The van der Waals surface area contributed by atoms with Gasteiger partial charge in [0.05, 0.1) is 18.1 Å². The lowest BCUT2D eigenvalue weighted by atomic mass is 9.58. The first-order valence-electron chi connectivity index (χ1n) is 13.1. The maximum Gasteiger partial charge on any atom is 0.414 e. The van der Waals surface area contributed by atoms with Crippen molar-refractivity contribution in [1.29, 1.82) is 0 Å². The van der Waals surface area contributed by atoms with E-state index < -0.39 is 42.0 Å². The van der Waals surface area contributed by atoms with Crippen LogP contribution in [0.3, 0.4) is 0 Å². The van der Waals surface area contributed by atoms with Gasteiger partial charge in [-0.25, -0.2) is 4.79 Å². The number of hydrogen-bond acceptors (Lipinski definition) is 6. The number of hydrogen-bond donors (Lipinski definition) is 4. The number of fused-ring (bicyclic) bond motifs is 3. The second-order valence-electron chi connectivity index (χ2n) is 11.9. The number of nitrogens with zero attached hydrogens (tertiary/aromatic N) is 1. The standard InChI is InChI=1S/C29H39NO6/c1-6-30(19-10-8-7-9-11-19)26(34)36-25-16(2)14-28-17(3)12-21-22(27(21,4)5)20(24(28)33)13-18(15-31)23(32)29(25,28)35/h7-11,13-14,17,20-25,31-33,35H,6,12,15H2,1-5H3/t17-,20?,21-,22+,23-,24?,25+,28+,29+/m1/s1. The first kappa shape index (κ1) is 25.5. The fourth-order valence-corrected chi connectivity index (χ4v) is 8.09. The van der Waals surface area contributed by atoms with Crippen molar-refractivity contribution in [2.24, 2.45) is 34.5 Å². The Labute approximate surface area is 213 Å². The minimum atomic E-state index is -2.04. The zero-order chi connectivity index (χ0) is 26.2. The van der Waals surface area contributed by atoms with Crippen LogP contribution >= 0.6 is 0 Å². The predicted molar refractivity (Wildman–Crippen MR) is 136 cm³/mol. The Kier molecular flexibility index (Phi) is 5.95. The fraction of sp³-hybridized carbons (Fsp3) is 0.621. The minimum absolute atomic E-state index is 0.0204. The van der Waals surface area contributed by atoms with Gasteiger partial charge in [0.1, 0.15) is 11.7 Å². The van der Waals surface area contributed by atoms with Crippen LogP contribution in [0.15, 0.2) is 53.6 Å². The van der Waals surface area contributed by atoms with Gasteiger partial charge in [-0.2, -0.15) is 0 Å². The summed E-state index contributed by atoms with van der Waals surface area (Å²) in [7, 11) is 0. The maximum atomic E-state index is 13.4. The summed E-state index contributed by atoms with van der Waals surface area (Å²) in [6.45, 7) is 9.91. The zero-order valence-corrected chi connectivity index (χ0v) is 21.8. The second-order valence-corrected chi connectivity index (χ2v) is 11.9. The monoisotopic (exact) mass is 497 g/mol. The van der Waals surface area contributed by atoms with Gasteiger partial charge < -0.3 is 25.2 Å². The first-order chi connectivity index (χ1) is 17.0. The Hall–Kier alpha value is -2.19. The van der Waals surface area contributed by atoms with Gasteiger partial charge in [-0.15, -0.1) is 0 Å². The van der Waals surface area contributed by atoms with Crippen LogP contribution in [0.4, 0.5) is 10.5 Å². The third kappa shape index (κ3) is 3.16. The van der Waals surface area contributed by atoms with Gasteiger partial charge in [0, 0.05) is 18.2 Å².